The second-order valence-electron chi connectivity index (χ2n) is 4.31. The maximum absolute atomic E-state index is 11.9. The largest absolute Gasteiger partial charge is 0.477 e. The lowest BCUT2D eigenvalue weighted by molar-refractivity contribution is -0.133. The molecule has 0 aromatic heterocycles. The molecule has 1 atom stereocenters. The van der Waals surface area contributed by atoms with Crippen molar-refractivity contribution in [3.63, 3.8) is 0 Å². The lowest BCUT2D eigenvalue weighted by Crippen LogP contribution is -2.37. The Bertz CT molecular complexity index is 555. The molecule has 0 fully saturated rings. The van der Waals surface area contributed by atoms with E-state index in [1.807, 2.05) is 0 Å². The van der Waals surface area contributed by atoms with Gasteiger partial charge in [-0.15, -0.1) is 0 Å². The predicted molar refractivity (Wildman–Crippen MR) is 76.3 cm³/mol. The van der Waals surface area contributed by atoms with E-state index in [2.05, 4.69) is 10.6 Å². The Morgan fingerprint density at radius 2 is 1.90 bits per heavy atom. The first-order valence-corrected chi connectivity index (χ1v) is 6.21. The van der Waals surface area contributed by atoms with Crippen LogP contribution in [0.4, 0.5) is 0 Å². The fourth-order valence-corrected chi connectivity index (χ4v) is 1.49. The minimum Gasteiger partial charge on any atom is -0.477 e. The van der Waals surface area contributed by atoms with Crippen LogP contribution in [0.3, 0.4) is 0 Å². The zero-order valence-electron chi connectivity index (χ0n) is 11.5. The van der Waals surface area contributed by atoms with Gasteiger partial charge >= 0.3 is 5.97 Å². The highest BCUT2D eigenvalue weighted by atomic mass is 16.4. The van der Waals surface area contributed by atoms with Crippen LogP contribution in [0, 0.1) is 0 Å². The lowest BCUT2D eigenvalue weighted by atomic mass is 10.2. The Balaban J connectivity index is 2.76. The van der Waals surface area contributed by atoms with Gasteiger partial charge < -0.3 is 21.5 Å². The van der Waals surface area contributed by atoms with Crippen LogP contribution in [-0.2, 0) is 9.59 Å². The summed E-state index contributed by atoms with van der Waals surface area (Å²) >= 11 is 0. The van der Waals surface area contributed by atoms with Gasteiger partial charge in [-0.05, 0) is 18.2 Å². The maximum atomic E-state index is 11.9. The standard InChI is InChI=1S/C14H17N3O4/c1-9(18)16-8-11(15)7-12(14(20)21)17-13(19)10-5-3-2-4-6-10/h2-7,11H,8,15H2,1H3,(H,16,18)(H,17,19)(H,20,21)/b12-7-. The highest BCUT2D eigenvalue weighted by molar-refractivity contribution is 6.00. The molecule has 7 nitrogen and oxygen atoms in total. The first-order valence-electron chi connectivity index (χ1n) is 6.21. The van der Waals surface area contributed by atoms with E-state index in [9.17, 15) is 14.4 Å². The minimum absolute atomic E-state index is 0.0767. The Morgan fingerprint density at radius 1 is 1.29 bits per heavy atom. The van der Waals surface area contributed by atoms with Crippen molar-refractivity contribution in [1.82, 2.24) is 10.6 Å². The third kappa shape index (κ3) is 5.87. The number of carboxylic acid groups (broad SMARTS) is 1. The average molecular weight is 291 g/mol. The molecule has 1 aromatic carbocycles. The quantitative estimate of drug-likeness (QED) is 0.543. The Morgan fingerprint density at radius 3 is 2.43 bits per heavy atom. The molecule has 21 heavy (non-hydrogen) atoms. The molecule has 1 unspecified atom stereocenters. The molecule has 0 aliphatic rings. The SMILES string of the molecule is CC(=O)NCC(N)/C=C(\NC(=O)c1ccccc1)C(=O)O. The third-order valence-corrected chi connectivity index (χ3v) is 2.48. The van der Waals surface area contributed by atoms with Crippen LogP contribution in [0.1, 0.15) is 17.3 Å². The van der Waals surface area contributed by atoms with Crippen molar-refractivity contribution in [1.29, 1.82) is 0 Å². The average Bonchev–Trinajstić information content (AvgIpc) is 2.45. The number of amides is 2. The van der Waals surface area contributed by atoms with E-state index in [4.69, 9.17) is 10.8 Å². The van der Waals surface area contributed by atoms with Crippen molar-refractivity contribution < 1.29 is 19.5 Å². The van der Waals surface area contributed by atoms with Crippen molar-refractivity contribution in [2.24, 2.45) is 5.73 Å². The molecule has 0 saturated carbocycles. The molecule has 1 rings (SSSR count). The van der Waals surface area contributed by atoms with Gasteiger partial charge in [-0.3, -0.25) is 9.59 Å². The van der Waals surface area contributed by atoms with Gasteiger partial charge in [0.05, 0.1) is 0 Å². The fourth-order valence-electron chi connectivity index (χ4n) is 1.49. The molecule has 112 valence electrons. The van der Waals surface area contributed by atoms with Crippen LogP contribution in [0.15, 0.2) is 42.1 Å². The molecule has 2 amide bonds. The monoisotopic (exact) mass is 291 g/mol. The number of hydrogen-bond acceptors (Lipinski definition) is 4. The van der Waals surface area contributed by atoms with Crippen LogP contribution < -0.4 is 16.4 Å². The number of carbonyl (C=O) groups excluding carboxylic acids is 2. The van der Waals surface area contributed by atoms with E-state index in [0.717, 1.165) is 0 Å². The molecule has 0 radical (unpaired) electrons. The van der Waals surface area contributed by atoms with Gasteiger partial charge in [0.15, 0.2) is 0 Å². The van der Waals surface area contributed by atoms with E-state index in [1.165, 1.54) is 13.0 Å². The first kappa shape index (κ1) is 16.4. The molecule has 0 aliphatic carbocycles. The summed E-state index contributed by atoms with van der Waals surface area (Å²) in [6, 6.07) is 7.48. The second kappa shape index (κ2) is 7.81. The van der Waals surface area contributed by atoms with Gasteiger partial charge in [0.1, 0.15) is 5.70 Å². The fraction of sp³-hybridized carbons (Fsp3) is 0.214. The Kier molecular flexibility index (Phi) is 6.09. The number of carbonyl (C=O) groups is 3. The zero-order valence-corrected chi connectivity index (χ0v) is 11.5. The molecule has 0 heterocycles. The smallest absolute Gasteiger partial charge is 0.352 e. The maximum Gasteiger partial charge on any atom is 0.352 e. The number of rotatable bonds is 6. The molecular weight excluding hydrogens is 274 g/mol. The minimum atomic E-state index is -1.31. The molecule has 1 aromatic rings. The molecule has 0 spiro atoms. The topological polar surface area (TPSA) is 122 Å². The summed E-state index contributed by atoms with van der Waals surface area (Å²) in [5, 5.41) is 13.8. The lowest BCUT2D eigenvalue weighted by Gasteiger charge is -2.10. The normalized spacial score (nSPS) is 12.4. The van der Waals surface area contributed by atoms with Gasteiger partial charge in [-0.2, -0.15) is 0 Å². The highest BCUT2D eigenvalue weighted by Gasteiger charge is 2.14. The van der Waals surface area contributed by atoms with E-state index in [1.54, 1.807) is 30.3 Å². The molecule has 0 saturated heterocycles. The summed E-state index contributed by atoms with van der Waals surface area (Å²) in [4.78, 5) is 33.8. The summed E-state index contributed by atoms with van der Waals surface area (Å²) in [6.07, 6.45) is 1.18. The number of nitrogens with two attached hydrogens (primary N) is 1. The summed E-state index contributed by atoms with van der Waals surface area (Å²) in [5.41, 5.74) is 5.67. The van der Waals surface area contributed by atoms with Gasteiger partial charge in [-0.1, -0.05) is 18.2 Å². The van der Waals surface area contributed by atoms with Gasteiger partial charge in [-0.25, -0.2) is 4.79 Å². The molecule has 0 aliphatic heterocycles. The third-order valence-electron chi connectivity index (χ3n) is 2.48. The molecule has 7 heteroatoms. The van der Waals surface area contributed by atoms with Crippen LogP contribution in [0.2, 0.25) is 0 Å². The van der Waals surface area contributed by atoms with E-state index < -0.39 is 17.9 Å². The number of aliphatic carboxylic acids is 1. The number of hydrogen-bond donors (Lipinski definition) is 4. The van der Waals surface area contributed by atoms with Gasteiger partial charge in [0, 0.05) is 25.1 Å². The van der Waals surface area contributed by atoms with Crippen molar-refractivity contribution in [2.45, 2.75) is 13.0 Å². The van der Waals surface area contributed by atoms with E-state index in [-0.39, 0.29) is 18.1 Å². The van der Waals surface area contributed by atoms with Crippen molar-refractivity contribution >= 4 is 17.8 Å². The highest BCUT2D eigenvalue weighted by Crippen LogP contribution is 2.01. The van der Waals surface area contributed by atoms with Crippen molar-refractivity contribution in [3.05, 3.63) is 47.7 Å². The van der Waals surface area contributed by atoms with Gasteiger partial charge in [0.25, 0.3) is 5.91 Å². The summed E-state index contributed by atoms with van der Waals surface area (Å²) in [6.45, 7) is 1.40. The first-order chi connectivity index (χ1) is 9.90. The number of nitrogens with one attached hydrogen (secondary N) is 2. The summed E-state index contributed by atoms with van der Waals surface area (Å²) in [7, 11) is 0. The van der Waals surface area contributed by atoms with Crippen LogP contribution in [-0.4, -0.2) is 35.5 Å². The summed E-state index contributed by atoms with van der Waals surface area (Å²) in [5.74, 6) is -2.13. The Hall–Kier alpha value is -2.67. The molecular formula is C14H17N3O4. The second-order valence-corrected chi connectivity index (χ2v) is 4.31. The van der Waals surface area contributed by atoms with Gasteiger partial charge in [0.2, 0.25) is 5.91 Å². The predicted octanol–water partition coefficient (Wildman–Crippen LogP) is -0.152. The summed E-state index contributed by atoms with van der Waals surface area (Å²) < 4.78 is 0. The molecule has 5 N–H and O–H groups in total. The zero-order chi connectivity index (χ0) is 15.8. The van der Waals surface area contributed by atoms with Crippen molar-refractivity contribution in [2.75, 3.05) is 6.54 Å². The van der Waals surface area contributed by atoms with E-state index >= 15 is 0 Å². The van der Waals surface area contributed by atoms with E-state index in [0.29, 0.717) is 5.56 Å². The number of benzene rings is 1. The van der Waals surface area contributed by atoms with Crippen molar-refractivity contribution in [3.8, 4) is 0 Å². The van der Waals surface area contributed by atoms with Crippen LogP contribution in [0.5, 0.6) is 0 Å². The number of carboxylic acids is 1. The Labute approximate surface area is 121 Å². The van der Waals surface area contributed by atoms with Crippen LogP contribution >= 0.6 is 0 Å². The van der Waals surface area contributed by atoms with Crippen LogP contribution in [0.25, 0.3) is 0 Å². The molecule has 0 bridgehead atoms.